The molecular formula is C8H15I. The van der Waals surface area contributed by atoms with Gasteiger partial charge in [0.25, 0.3) is 0 Å². The van der Waals surface area contributed by atoms with E-state index in [4.69, 9.17) is 0 Å². The molecule has 0 spiro atoms. The third-order valence-corrected chi connectivity index (χ3v) is 4.32. The highest BCUT2D eigenvalue weighted by molar-refractivity contribution is 14.1. The normalized spacial score (nSPS) is 24.7. The molecule has 1 rings (SSSR count). The Bertz CT molecular complexity index is 76.6. The van der Waals surface area contributed by atoms with Crippen LogP contribution in [0.2, 0.25) is 0 Å². The Morgan fingerprint density at radius 2 is 1.89 bits per heavy atom. The van der Waals surface area contributed by atoms with Gasteiger partial charge in [0, 0.05) is 4.43 Å². The van der Waals surface area contributed by atoms with Crippen molar-refractivity contribution in [3.8, 4) is 0 Å². The molecular weight excluding hydrogens is 223 g/mol. The van der Waals surface area contributed by atoms with Gasteiger partial charge < -0.3 is 0 Å². The summed E-state index contributed by atoms with van der Waals surface area (Å²) in [6, 6.07) is 0. The van der Waals surface area contributed by atoms with Crippen molar-refractivity contribution in [2.75, 3.05) is 4.43 Å². The lowest BCUT2D eigenvalue weighted by Crippen LogP contribution is -2.15. The van der Waals surface area contributed by atoms with Crippen LogP contribution in [-0.2, 0) is 0 Å². The second kappa shape index (κ2) is 3.22. The minimum atomic E-state index is 0.764. The molecule has 0 aromatic rings. The largest absolute Gasteiger partial charge is 0.0858 e. The van der Waals surface area contributed by atoms with Crippen LogP contribution in [0.15, 0.2) is 0 Å². The SMILES string of the molecule is CCC1(CI)CCCC1. The van der Waals surface area contributed by atoms with Crippen LogP contribution >= 0.6 is 22.6 Å². The Balaban J connectivity index is 2.45. The van der Waals surface area contributed by atoms with Gasteiger partial charge in [0.05, 0.1) is 0 Å². The molecule has 1 aliphatic carbocycles. The van der Waals surface area contributed by atoms with E-state index in [0.29, 0.717) is 0 Å². The lowest BCUT2D eigenvalue weighted by atomic mass is 9.86. The lowest BCUT2D eigenvalue weighted by molar-refractivity contribution is 0.339. The van der Waals surface area contributed by atoms with Gasteiger partial charge in [-0.2, -0.15) is 0 Å². The van der Waals surface area contributed by atoms with Gasteiger partial charge in [0.1, 0.15) is 0 Å². The summed E-state index contributed by atoms with van der Waals surface area (Å²) in [6.07, 6.45) is 7.35. The highest BCUT2D eigenvalue weighted by atomic mass is 127. The van der Waals surface area contributed by atoms with Crippen molar-refractivity contribution in [3.63, 3.8) is 0 Å². The molecule has 0 nitrogen and oxygen atoms in total. The van der Waals surface area contributed by atoms with Crippen LogP contribution in [0.1, 0.15) is 39.0 Å². The number of alkyl halides is 1. The van der Waals surface area contributed by atoms with E-state index in [1.54, 1.807) is 0 Å². The van der Waals surface area contributed by atoms with Crippen molar-refractivity contribution in [2.45, 2.75) is 39.0 Å². The minimum absolute atomic E-state index is 0.764. The zero-order valence-electron chi connectivity index (χ0n) is 6.12. The van der Waals surface area contributed by atoms with Gasteiger partial charge in [-0.1, -0.05) is 42.4 Å². The first-order chi connectivity index (χ1) is 4.33. The Morgan fingerprint density at radius 1 is 1.33 bits per heavy atom. The van der Waals surface area contributed by atoms with Crippen LogP contribution in [-0.4, -0.2) is 4.43 Å². The molecule has 0 aliphatic heterocycles. The maximum atomic E-state index is 2.54. The van der Waals surface area contributed by atoms with E-state index in [-0.39, 0.29) is 0 Å². The molecule has 0 amide bonds. The van der Waals surface area contributed by atoms with Gasteiger partial charge in [-0.05, 0) is 24.7 Å². The van der Waals surface area contributed by atoms with Crippen molar-refractivity contribution in [1.29, 1.82) is 0 Å². The minimum Gasteiger partial charge on any atom is -0.0858 e. The first kappa shape index (κ1) is 7.83. The summed E-state index contributed by atoms with van der Waals surface area (Å²) in [5, 5.41) is 0. The average molecular weight is 238 g/mol. The highest BCUT2D eigenvalue weighted by Gasteiger charge is 2.30. The van der Waals surface area contributed by atoms with E-state index in [1.165, 1.54) is 36.5 Å². The highest BCUT2D eigenvalue weighted by Crippen LogP contribution is 2.42. The summed E-state index contributed by atoms with van der Waals surface area (Å²) in [4.78, 5) is 0. The van der Waals surface area contributed by atoms with Gasteiger partial charge in [-0.3, -0.25) is 0 Å². The van der Waals surface area contributed by atoms with Gasteiger partial charge in [-0.25, -0.2) is 0 Å². The molecule has 0 saturated heterocycles. The first-order valence-corrected chi connectivity index (χ1v) is 5.41. The fraction of sp³-hybridized carbons (Fsp3) is 1.00. The Morgan fingerprint density at radius 3 is 2.11 bits per heavy atom. The average Bonchev–Trinajstić information content (AvgIpc) is 2.36. The molecule has 0 N–H and O–H groups in total. The van der Waals surface area contributed by atoms with Crippen LogP contribution in [0.25, 0.3) is 0 Å². The van der Waals surface area contributed by atoms with Gasteiger partial charge >= 0.3 is 0 Å². The van der Waals surface area contributed by atoms with E-state index < -0.39 is 0 Å². The number of halogens is 1. The fourth-order valence-corrected chi connectivity index (χ4v) is 3.01. The zero-order valence-corrected chi connectivity index (χ0v) is 8.28. The van der Waals surface area contributed by atoms with E-state index in [0.717, 1.165) is 5.41 Å². The van der Waals surface area contributed by atoms with E-state index in [1.807, 2.05) is 0 Å². The Kier molecular flexibility index (Phi) is 2.80. The molecule has 0 aromatic heterocycles. The molecule has 0 unspecified atom stereocenters. The molecule has 0 bridgehead atoms. The summed E-state index contributed by atoms with van der Waals surface area (Å²) < 4.78 is 1.38. The maximum absolute atomic E-state index is 2.54. The summed E-state index contributed by atoms with van der Waals surface area (Å²) in [7, 11) is 0. The predicted molar refractivity (Wildman–Crippen MR) is 50.1 cm³/mol. The molecule has 0 heterocycles. The molecule has 9 heavy (non-hydrogen) atoms. The second-order valence-corrected chi connectivity index (χ2v) is 3.96. The van der Waals surface area contributed by atoms with E-state index >= 15 is 0 Å². The van der Waals surface area contributed by atoms with E-state index in [9.17, 15) is 0 Å². The molecule has 0 radical (unpaired) electrons. The number of hydrogen-bond donors (Lipinski definition) is 0. The molecule has 0 aromatic carbocycles. The van der Waals surface area contributed by atoms with Crippen molar-refractivity contribution in [2.24, 2.45) is 5.41 Å². The van der Waals surface area contributed by atoms with Crippen LogP contribution in [0.4, 0.5) is 0 Å². The van der Waals surface area contributed by atoms with Crippen molar-refractivity contribution < 1.29 is 0 Å². The first-order valence-electron chi connectivity index (χ1n) is 3.89. The smallest absolute Gasteiger partial charge is 0.00519 e. The zero-order chi connectivity index (χ0) is 6.74. The topological polar surface area (TPSA) is 0 Å². The maximum Gasteiger partial charge on any atom is 0.00519 e. The predicted octanol–water partition coefficient (Wildman–Crippen LogP) is 3.39. The Labute approximate surface area is 71.5 Å². The lowest BCUT2D eigenvalue weighted by Gasteiger charge is -2.23. The quantitative estimate of drug-likeness (QED) is 0.511. The van der Waals surface area contributed by atoms with Crippen molar-refractivity contribution in [1.82, 2.24) is 0 Å². The van der Waals surface area contributed by atoms with Gasteiger partial charge in [0.2, 0.25) is 0 Å². The monoisotopic (exact) mass is 238 g/mol. The molecule has 0 atom stereocenters. The molecule has 54 valence electrons. The number of hydrogen-bond acceptors (Lipinski definition) is 0. The summed E-state index contributed by atoms with van der Waals surface area (Å²) in [6.45, 7) is 2.34. The van der Waals surface area contributed by atoms with E-state index in [2.05, 4.69) is 29.5 Å². The molecule has 1 saturated carbocycles. The molecule has 1 aliphatic rings. The number of rotatable bonds is 2. The second-order valence-electron chi connectivity index (χ2n) is 3.19. The van der Waals surface area contributed by atoms with Crippen molar-refractivity contribution >= 4 is 22.6 Å². The summed E-state index contributed by atoms with van der Waals surface area (Å²) in [5.74, 6) is 0. The summed E-state index contributed by atoms with van der Waals surface area (Å²) >= 11 is 2.54. The van der Waals surface area contributed by atoms with Crippen LogP contribution in [0.3, 0.4) is 0 Å². The van der Waals surface area contributed by atoms with Crippen LogP contribution < -0.4 is 0 Å². The fourth-order valence-electron chi connectivity index (χ4n) is 1.71. The van der Waals surface area contributed by atoms with Crippen molar-refractivity contribution in [3.05, 3.63) is 0 Å². The van der Waals surface area contributed by atoms with Crippen LogP contribution in [0.5, 0.6) is 0 Å². The molecule has 1 heteroatoms. The van der Waals surface area contributed by atoms with Gasteiger partial charge in [-0.15, -0.1) is 0 Å². The van der Waals surface area contributed by atoms with Gasteiger partial charge in [0.15, 0.2) is 0 Å². The van der Waals surface area contributed by atoms with Crippen LogP contribution in [0, 0.1) is 5.41 Å². The third-order valence-electron chi connectivity index (χ3n) is 2.70. The third kappa shape index (κ3) is 1.60. The molecule has 1 fully saturated rings. The Hall–Kier alpha value is 0.730. The summed E-state index contributed by atoms with van der Waals surface area (Å²) in [5.41, 5.74) is 0.764. The standard InChI is InChI=1S/C8H15I/c1-2-8(7-9)5-3-4-6-8/h2-7H2,1H3.